The number of rotatable bonds is 6. The van der Waals surface area contributed by atoms with Crippen LogP contribution in [0.25, 0.3) is 0 Å². The predicted octanol–water partition coefficient (Wildman–Crippen LogP) is 4.05. The van der Waals surface area contributed by atoms with Crippen molar-refractivity contribution in [1.29, 1.82) is 0 Å². The number of hydrogen-bond acceptors (Lipinski definition) is 2. The molecule has 0 fully saturated rings. The molecule has 2 rings (SSSR count). The van der Waals surface area contributed by atoms with Crippen LogP contribution in [0.1, 0.15) is 18.1 Å². The Bertz CT molecular complexity index is 625. The summed E-state index contributed by atoms with van der Waals surface area (Å²) in [7, 11) is 1.78. The summed E-state index contributed by atoms with van der Waals surface area (Å²) < 4.78 is 6.56. The van der Waals surface area contributed by atoms with E-state index in [0.29, 0.717) is 6.54 Å². The summed E-state index contributed by atoms with van der Waals surface area (Å²) in [5.41, 5.74) is 2.33. The summed E-state index contributed by atoms with van der Waals surface area (Å²) in [6.45, 7) is 2.71. The third kappa shape index (κ3) is 4.60. The van der Waals surface area contributed by atoms with Crippen molar-refractivity contribution in [3.63, 3.8) is 0 Å². The van der Waals surface area contributed by atoms with Crippen LogP contribution < -0.4 is 4.74 Å². The van der Waals surface area contributed by atoms with Gasteiger partial charge in [-0.3, -0.25) is 4.79 Å². The molecule has 116 valence electrons. The maximum absolute atomic E-state index is 12.1. The second kappa shape index (κ2) is 7.99. The Balaban J connectivity index is 1.87. The molecule has 0 saturated heterocycles. The fourth-order valence-electron chi connectivity index (χ4n) is 2.05. The molecule has 2 aromatic carbocycles. The fourth-order valence-corrected chi connectivity index (χ4v) is 2.46. The van der Waals surface area contributed by atoms with Crippen molar-refractivity contribution >= 4 is 21.8 Å². The maximum atomic E-state index is 12.1. The molecule has 0 spiro atoms. The minimum atomic E-state index is -0.0460. The van der Waals surface area contributed by atoms with Gasteiger partial charge in [0.05, 0.1) is 0 Å². The Morgan fingerprint density at radius 3 is 2.45 bits per heavy atom. The number of nitrogens with zero attached hydrogens (tertiary/aromatic N) is 1. The van der Waals surface area contributed by atoms with Crippen molar-refractivity contribution in [2.45, 2.75) is 19.9 Å². The van der Waals surface area contributed by atoms with Gasteiger partial charge in [0.1, 0.15) is 5.75 Å². The van der Waals surface area contributed by atoms with E-state index in [1.807, 2.05) is 48.5 Å². The van der Waals surface area contributed by atoms with Gasteiger partial charge in [-0.1, -0.05) is 53.2 Å². The average Bonchev–Trinajstić information content (AvgIpc) is 2.55. The molecular weight excluding hydrogens is 342 g/mol. The van der Waals surface area contributed by atoms with E-state index in [-0.39, 0.29) is 12.5 Å². The number of halogens is 1. The first-order chi connectivity index (χ1) is 10.6. The Kier molecular flexibility index (Phi) is 6.01. The van der Waals surface area contributed by atoms with Crippen LogP contribution in [0.5, 0.6) is 5.75 Å². The molecule has 0 atom stereocenters. The van der Waals surface area contributed by atoms with Gasteiger partial charge in [0.25, 0.3) is 5.91 Å². The summed E-state index contributed by atoms with van der Waals surface area (Å²) in [4.78, 5) is 13.8. The predicted molar refractivity (Wildman–Crippen MR) is 91.9 cm³/mol. The van der Waals surface area contributed by atoms with Crippen LogP contribution in [0.3, 0.4) is 0 Å². The first-order valence-electron chi connectivity index (χ1n) is 7.29. The molecule has 4 heteroatoms. The van der Waals surface area contributed by atoms with E-state index < -0.39 is 0 Å². The van der Waals surface area contributed by atoms with Crippen molar-refractivity contribution in [3.05, 3.63) is 64.1 Å². The van der Waals surface area contributed by atoms with E-state index in [2.05, 4.69) is 22.9 Å². The van der Waals surface area contributed by atoms with Crippen molar-refractivity contribution in [2.75, 3.05) is 13.7 Å². The third-order valence-corrected chi connectivity index (χ3v) is 4.26. The van der Waals surface area contributed by atoms with Crippen molar-refractivity contribution < 1.29 is 9.53 Å². The molecule has 0 bridgehead atoms. The summed E-state index contributed by atoms with van der Waals surface area (Å²) >= 11 is 3.49. The molecule has 0 aliphatic rings. The molecule has 0 heterocycles. The topological polar surface area (TPSA) is 29.5 Å². The van der Waals surface area contributed by atoms with Gasteiger partial charge in [0.2, 0.25) is 0 Å². The minimum absolute atomic E-state index is 0.0460. The number of hydrogen-bond donors (Lipinski definition) is 0. The molecule has 0 aliphatic carbocycles. The average molecular weight is 362 g/mol. The number of ether oxygens (including phenoxy) is 1. The van der Waals surface area contributed by atoms with Crippen molar-refractivity contribution in [3.8, 4) is 5.75 Å². The lowest BCUT2D eigenvalue weighted by Gasteiger charge is -2.18. The van der Waals surface area contributed by atoms with Crippen LogP contribution in [-0.4, -0.2) is 24.5 Å². The van der Waals surface area contributed by atoms with Gasteiger partial charge in [-0.15, -0.1) is 0 Å². The molecule has 2 aromatic rings. The lowest BCUT2D eigenvalue weighted by Crippen LogP contribution is -2.31. The molecule has 0 radical (unpaired) electrons. The molecule has 0 aliphatic heterocycles. The first-order valence-corrected chi connectivity index (χ1v) is 8.08. The lowest BCUT2D eigenvalue weighted by atomic mass is 10.2. The highest BCUT2D eigenvalue weighted by Gasteiger charge is 2.11. The Morgan fingerprint density at radius 1 is 1.14 bits per heavy atom. The van der Waals surface area contributed by atoms with Crippen molar-refractivity contribution in [1.82, 2.24) is 4.90 Å². The zero-order valence-corrected chi connectivity index (χ0v) is 14.5. The number of carbonyl (C=O) groups excluding carboxylic acids is 1. The van der Waals surface area contributed by atoms with Crippen LogP contribution in [0.4, 0.5) is 0 Å². The van der Waals surface area contributed by atoms with Crippen LogP contribution in [0.15, 0.2) is 53.0 Å². The Labute approximate surface area is 140 Å². The van der Waals surface area contributed by atoms with E-state index in [4.69, 9.17) is 4.74 Å². The zero-order valence-electron chi connectivity index (χ0n) is 12.9. The number of likely N-dealkylation sites (N-methyl/N-ethyl adjacent to an activating group) is 1. The van der Waals surface area contributed by atoms with E-state index in [1.165, 1.54) is 5.56 Å². The molecule has 1 amide bonds. The number of aryl methyl sites for hydroxylation is 1. The summed E-state index contributed by atoms with van der Waals surface area (Å²) in [5.74, 6) is 0.676. The van der Waals surface area contributed by atoms with Gasteiger partial charge in [0.15, 0.2) is 6.61 Å². The smallest absolute Gasteiger partial charge is 0.260 e. The largest absolute Gasteiger partial charge is 0.484 e. The standard InChI is InChI=1S/C18H20BrNO2/c1-3-14-8-10-16(11-9-14)22-13-18(21)20(2)12-15-6-4-5-7-17(15)19/h4-11H,3,12-13H2,1-2H3. The number of benzene rings is 2. The van der Waals surface area contributed by atoms with Gasteiger partial charge >= 0.3 is 0 Å². The fraction of sp³-hybridized carbons (Fsp3) is 0.278. The van der Waals surface area contributed by atoms with Crippen LogP contribution >= 0.6 is 15.9 Å². The van der Waals surface area contributed by atoms with Gasteiger partial charge in [-0.2, -0.15) is 0 Å². The Hall–Kier alpha value is -1.81. The highest BCUT2D eigenvalue weighted by Crippen LogP contribution is 2.17. The quantitative estimate of drug-likeness (QED) is 0.776. The van der Waals surface area contributed by atoms with E-state index >= 15 is 0 Å². The molecule has 0 unspecified atom stereocenters. The lowest BCUT2D eigenvalue weighted by molar-refractivity contribution is -0.132. The number of carbonyl (C=O) groups is 1. The third-order valence-electron chi connectivity index (χ3n) is 3.49. The van der Waals surface area contributed by atoms with E-state index in [0.717, 1.165) is 22.2 Å². The number of amides is 1. The molecule has 0 saturated carbocycles. The zero-order chi connectivity index (χ0) is 15.9. The van der Waals surface area contributed by atoms with Crippen LogP contribution in [-0.2, 0) is 17.8 Å². The maximum Gasteiger partial charge on any atom is 0.260 e. The second-order valence-corrected chi connectivity index (χ2v) is 5.98. The molecule has 0 N–H and O–H groups in total. The SMILES string of the molecule is CCc1ccc(OCC(=O)N(C)Cc2ccccc2Br)cc1. The Morgan fingerprint density at radius 2 is 1.82 bits per heavy atom. The normalized spacial score (nSPS) is 10.3. The summed E-state index contributed by atoms with van der Waals surface area (Å²) in [6.07, 6.45) is 0.994. The summed E-state index contributed by atoms with van der Waals surface area (Å²) in [5, 5.41) is 0. The van der Waals surface area contributed by atoms with Gasteiger partial charge in [0, 0.05) is 18.1 Å². The van der Waals surface area contributed by atoms with Crippen LogP contribution in [0.2, 0.25) is 0 Å². The molecule has 22 heavy (non-hydrogen) atoms. The van der Waals surface area contributed by atoms with Gasteiger partial charge < -0.3 is 9.64 Å². The van der Waals surface area contributed by atoms with E-state index in [1.54, 1.807) is 11.9 Å². The van der Waals surface area contributed by atoms with Gasteiger partial charge in [-0.25, -0.2) is 0 Å². The highest BCUT2D eigenvalue weighted by molar-refractivity contribution is 9.10. The van der Waals surface area contributed by atoms with E-state index in [9.17, 15) is 4.79 Å². The summed E-state index contributed by atoms with van der Waals surface area (Å²) in [6, 6.07) is 15.7. The molecule has 0 aromatic heterocycles. The van der Waals surface area contributed by atoms with Crippen LogP contribution in [0, 0.1) is 0 Å². The first kappa shape index (κ1) is 16.6. The monoisotopic (exact) mass is 361 g/mol. The molecular formula is C18H20BrNO2. The van der Waals surface area contributed by atoms with Gasteiger partial charge in [-0.05, 0) is 35.7 Å². The second-order valence-electron chi connectivity index (χ2n) is 5.13. The minimum Gasteiger partial charge on any atom is -0.484 e. The molecule has 3 nitrogen and oxygen atoms in total. The van der Waals surface area contributed by atoms with Crippen molar-refractivity contribution in [2.24, 2.45) is 0 Å². The highest BCUT2D eigenvalue weighted by atomic mass is 79.9.